The number of nitrogens with zero attached hydrogens (tertiary/aromatic N) is 2. The first kappa shape index (κ1) is 17.4. The Morgan fingerprint density at radius 1 is 1.33 bits per heavy atom. The molecule has 0 unspecified atom stereocenters. The Kier molecular flexibility index (Phi) is 5.53. The molecule has 0 aliphatic carbocycles. The summed E-state index contributed by atoms with van der Waals surface area (Å²) in [6.45, 7) is 9.33. The average Bonchev–Trinajstić information content (AvgIpc) is 3.18. The van der Waals surface area contributed by atoms with Crippen molar-refractivity contribution in [2.75, 3.05) is 18.4 Å². The van der Waals surface area contributed by atoms with Gasteiger partial charge in [0.1, 0.15) is 12.4 Å². The van der Waals surface area contributed by atoms with Crippen LogP contribution in [0.3, 0.4) is 0 Å². The maximum atomic E-state index is 5.72. The van der Waals surface area contributed by atoms with Gasteiger partial charge in [0.2, 0.25) is 5.89 Å². The third-order valence-corrected chi connectivity index (χ3v) is 4.84. The molecular formula is C17H26N4O2S. The van der Waals surface area contributed by atoms with E-state index in [0.29, 0.717) is 25.1 Å². The Morgan fingerprint density at radius 3 is 2.92 bits per heavy atom. The van der Waals surface area contributed by atoms with Crippen molar-refractivity contribution in [3.63, 3.8) is 0 Å². The van der Waals surface area contributed by atoms with Crippen LogP contribution in [0.2, 0.25) is 0 Å². The van der Waals surface area contributed by atoms with E-state index in [1.54, 1.807) is 17.5 Å². The molecule has 2 N–H and O–H groups in total. The molecule has 0 bridgehead atoms. The number of thiazole rings is 1. The number of anilines is 1. The minimum atomic E-state index is -0.0303. The third kappa shape index (κ3) is 4.78. The standard InChI is InChI=1S/C17H26N4O2S/c1-17(2,3)14-9-19-15(23-14)11-22-10-13-8-20-16(24-13)21-12-5-4-6-18-7-12/h8-9,12,18H,4-7,10-11H2,1-3H3,(H,20,21)/t12-/m1/s1. The lowest BCUT2D eigenvalue weighted by atomic mass is 9.94. The van der Waals surface area contributed by atoms with E-state index in [4.69, 9.17) is 9.15 Å². The van der Waals surface area contributed by atoms with E-state index in [-0.39, 0.29) is 5.41 Å². The smallest absolute Gasteiger partial charge is 0.220 e. The van der Waals surface area contributed by atoms with Gasteiger partial charge < -0.3 is 19.8 Å². The number of ether oxygens (including phenoxy) is 1. The molecule has 2 aromatic rings. The van der Waals surface area contributed by atoms with Gasteiger partial charge in [0.25, 0.3) is 0 Å². The van der Waals surface area contributed by atoms with Crippen LogP contribution in [-0.4, -0.2) is 29.1 Å². The average molecular weight is 350 g/mol. The molecule has 1 aliphatic rings. The number of hydrogen-bond acceptors (Lipinski definition) is 7. The van der Waals surface area contributed by atoms with Crippen LogP contribution in [0.25, 0.3) is 0 Å². The maximum Gasteiger partial charge on any atom is 0.220 e. The van der Waals surface area contributed by atoms with Gasteiger partial charge in [-0.1, -0.05) is 32.1 Å². The molecule has 0 aromatic carbocycles. The van der Waals surface area contributed by atoms with Gasteiger partial charge in [-0.15, -0.1) is 0 Å². The monoisotopic (exact) mass is 350 g/mol. The summed E-state index contributed by atoms with van der Waals surface area (Å²) in [5.74, 6) is 1.50. The van der Waals surface area contributed by atoms with Crippen LogP contribution in [0, 0.1) is 0 Å². The van der Waals surface area contributed by atoms with Crippen LogP contribution in [0.5, 0.6) is 0 Å². The first-order chi connectivity index (χ1) is 11.5. The fourth-order valence-electron chi connectivity index (χ4n) is 2.55. The minimum Gasteiger partial charge on any atom is -0.443 e. The summed E-state index contributed by atoms with van der Waals surface area (Å²) in [6.07, 6.45) is 6.06. The largest absolute Gasteiger partial charge is 0.443 e. The highest BCUT2D eigenvalue weighted by Crippen LogP contribution is 2.24. The quantitative estimate of drug-likeness (QED) is 0.833. The fourth-order valence-corrected chi connectivity index (χ4v) is 3.38. The highest BCUT2D eigenvalue weighted by atomic mass is 32.1. The van der Waals surface area contributed by atoms with E-state index in [2.05, 4.69) is 41.4 Å². The van der Waals surface area contributed by atoms with E-state index in [1.165, 1.54) is 12.8 Å². The summed E-state index contributed by atoms with van der Waals surface area (Å²) in [7, 11) is 0. The molecule has 3 rings (SSSR count). The Labute approximate surface area is 147 Å². The number of piperidine rings is 1. The van der Waals surface area contributed by atoms with Crippen molar-refractivity contribution in [2.45, 2.75) is 58.3 Å². The predicted octanol–water partition coefficient (Wildman–Crippen LogP) is 3.31. The van der Waals surface area contributed by atoms with Crippen molar-refractivity contribution in [3.05, 3.63) is 28.9 Å². The summed E-state index contributed by atoms with van der Waals surface area (Å²) < 4.78 is 11.4. The number of rotatable bonds is 6. The molecule has 132 valence electrons. The molecule has 0 radical (unpaired) electrons. The molecule has 24 heavy (non-hydrogen) atoms. The zero-order chi connectivity index (χ0) is 17.0. The van der Waals surface area contributed by atoms with E-state index in [1.807, 2.05) is 6.20 Å². The van der Waals surface area contributed by atoms with Crippen molar-refractivity contribution in [2.24, 2.45) is 0 Å². The Hall–Kier alpha value is -1.44. The highest BCUT2D eigenvalue weighted by Gasteiger charge is 2.19. The van der Waals surface area contributed by atoms with E-state index >= 15 is 0 Å². The number of hydrogen-bond donors (Lipinski definition) is 2. The normalized spacial score (nSPS) is 18.7. The molecule has 1 fully saturated rings. The predicted molar refractivity (Wildman–Crippen MR) is 95.3 cm³/mol. The summed E-state index contributed by atoms with van der Waals surface area (Å²) in [6, 6.07) is 0.474. The van der Waals surface area contributed by atoms with Crippen LogP contribution in [0.4, 0.5) is 5.13 Å². The van der Waals surface area contributed by atoms with Gasteiger partial charge in [0, 0.05) is 24.2 Å². The first-order valence-corrected chi connectivity index (χ1v) is 9.27. The summed E-state index contributed by atoms with van der Waals surface area (Å²) in [5, 5.41) is 7.85. The SMILES string of the molecule is CC(C)(C)c1cnc(COCc2cnc(N[C@@H]3CCCNC3)s2)o1. The fraction of sp³-hybridized carbons (Fsp3) is 0.647. The number of oxazole rings is 1. The zero-order valence-corrected chi connectivity index (χ0v) is 15.4. The molecule has 6 nitrogen and oxygen atoms in total. The second-order valence-corrected chi connectivity index (χ2v) is 8.30. The van der Waals surface area contributed by atoms with Gasteiger partial charge in [-0.05, 0) is 19.4 Å². The lowest BCUT2D eigenvalue weighted by Gasteiger charge is -2.23. The molecule has 0 spiro atoms. The third-order valence-electron chi connectivity index (χ3n) is 3.94. The summed E-state index contributed by atoms with van der Waals surface area (Å²) in [4.78, 5) is 9.81. The van der Waals surface area contributed by atoms with Crippen molar-refractivity contribution in [3.8, 4) is 0 Å². The van der Waals surface area contributed by atoms with Crippen LogP contribution in [0.1, 0.15) is 50.1 Å². The Morgan fingerprint density at radius 2 is 2.21 bits per heavy atom. The molecular weight excluding hydrogens is 324 g/mol. The first-order valence-electron chi connectivity index (χ1n) is 8.45. The van der Waals surface area contributed by atoms with Crippen molar-refractivity contribution in [1.29, 1.82) is 0 Å². The molecule has 1 saturated heterocycles. The van der Waals surface area contributed by atoms with Gasteiger partial charge in [-0.3, -0.25) is 0 Å². The van der Waals surface area contributed by atoms with Gasteiger partial charge in [-0.25, -0.2) is 9.97 Å². The molecule has 2 aromatic heterocycles. The van der Waals surface area contributed by atoms with Gasteiger partial charge in [0.05, 0.1) is 17.7 Å². The second-order valence-electron chi connectivity index (χ2n) is 7.18. The van der Waals surface area contributed by atoms with Gasteiger partial charge in [-0.2, -0.15) is 0 Å². The Bertz CT molecular complexity index is 641. The summed E-state index contributed by atoms with van der Waals surface area (Å²) in [5.41, 5.74) is -0.0303. The highest BCUT2D eigenvalue weighted by molar-refractivity contribution is 7.15. The lowest BCUT2D eigenvalue weighted by molar-refractivity contribution is 0.0895. The van der Waals surface area contributed by atoms with Crippen LogP contribution >= 0.6 is 11.3 Å². The number of aromatic nitrogens is 2. The molecule has 3 heterocycles. The zero-order valence-electron chi connectivity index (χ0n) is 14.6. The number of nitrogens with one attached hydrogen (secondary N) is 2. The lowest BCUT2D eigenvalue weighted by Crippen LogP contribution is -2.38. The van der Waals surface area contributed by atoms with Gasteiger partial charge >= 0.3 is 0 Å². The molecule has 0 saturated carbocycles. The van der Waals surface area contributed by atoms with Gasteiger partial charge in [0.15, 0.2) is 5.13 Å². The molecule has 7 heteroatoms. The second kappa shape index (κ2) is 7.63. The van der Waals surface area contributed by atoms with Crippen LogP contribution in [-0.2, 0) is 23.4 Å². The minimum absolute atomic E-state index is 0.0303. The topological polar surface area (TPSA) is 72.2 Å². The van der Waals surface area contributed by atoms with E-state index in [0.717, 1.165) is 28.9 Å². The van der Waals surface area contributed by atoms with E-state index < -0.39 is 0 Å². The molecule has 1 atom stereocenters. The Balaban J connectivity index is 1.44. The molecule has 0 amide bonds. The van der Waals surface area contributed by atoms with Crippen molar-refractivity contribution >= 4 is 16.5 Å². The van der Waals surface area contributed by atoms with Crippen molar-refractivity contribution in [1.82, 2.24) is 15.3 Å². The van der Waals surface area contributed by atoms with Crippen LogP contribution in [0.15, 0.2) is 16.8 Å². The maximum absolute atomic E-state index is 5.72. The van der Waals surface area contributed by atoms with Crippen molar-refractivity contribution < 1.29 is 9.15 Å². The molecule has 1 aliphatic heterocycles. The summed E-state index contributed by atoms with van der Waals surface area (Å²) >= 11 is 1.65. The van der Waals surface area contributed by atoms with E-state index in [9.17, 15) is 0 Å². The van der Waals surface area contributed by atoms with Crippen LogP contribution < -0.4 is 10.6 Å².